The van der Waals surface area contributed by atoms with Crippen LogP contribution in [0.25, 0.3) is 6.08 Å². The zero-order valence-electron chi connectivity index (χ0n) is 19.2. The molecule has 3 aromatic carbocycles. The summed E-state index contributed by atoms with van der Waals surface area (Å²) < 4.78 is 17.4. The second kappa shape index (κ2) is 12.3. The van der Waals surface area contributed by atoms with Crippen LogP contribution in [0.1, 0.15) is 23.6 Å². The van der Waals surface area contributed by atoms with Crippen molar-refractivity contribution in [3.05, 3.63) is 87.4 Å². The van der Waals surface area contributed by atoms with Crippen LogP contribution in [0, 0.1) is 22.7 Å². The molecule has 0 atom stereocenters. The lowest BCUT2D eigenvalue weighted by molar-refractivity contribution is -0.112. The minimum atomic E-state index is -0.545. The van der Waals surface area contributed by atoms with Gasteiger partial charge in [0.15, 0.2) is 11.5 Å². The second-order valence-corrected chi connectivity index (χ2v) is 8.02. The molecule has 0 radical (unpaired) electrons. The molecule has 0 aromatic heterocycles. The monoisotopic (exact) mass is 531 g/mol. The van der Waals surface area contributed by atoms with Crippen LogP contribution in [0.15, 0.2) is 70.7 Å². The average Bonchev–Trinajstić information content (AvgIpc) is 2.88. The van der Waals surface area contributed by atoms with Crippen LogP contribution in [0.4, 0.5) is 5.69 Å². The van der Waals surface area contributed by atoms with Gasteiger partial charge in [0.05, 0.1) is 25.3 Å². The van der Waals surface area contributed by atoms with E-state index in [0.717, 1.165) is 5.56 Å². The molecule has 0 aliphatic carbocycles. The summed E-state index contributed by atoms with van der Waals surface area (Å²) in [4.78, 5) is 12.7. The number of carbonyl (C=O) groups is 1. The van der Waals surface area contributed by atoms with E-state index in [1.54, 1.807) is 55.6 Å². The summed E-state index contributed by atoms with van der Waals surface area (Å²) in [5.41, 5.74) is 2.30. The molecule has 0 unspecified atom stereocenters. The molecule has 7 nitrogen and oxygen atoms in total. The lowest BCUT2D eigenvalue weighted by Gasteiger charge is -2.15. The van der Waals surface area contributed by atoms with Gasteiger partial charge < -0.3 is 19.5 Å². The summed E-state index contributed by atoms with van der Waals surface area (Å²) >= 11 is 3.49. The third-order valence-corrected chi connectivity index (χ3v) is 5.58. The van der Waals surface area contributed by atoms with Crippen molar-refractivity contribution < 1.29 is 19.0 Å². The van der Waals surface area contributed by atoms with Crippen LogP contribution >= 0.6 is 15.9 Å². The fraction of sp³-hybridized carbons (Fsp3) is 0.148. The number of nitrogens with one attached hydrogen (secondary N) is 1. The molecule has 0 heterocycles. The Labute approximate surface area is 212 Å². The van der Waals surface area contributed by atoms with Crippen molar-refractivity contribution in [2.45, 2.75) is 13.5 Å². The first-order valence-corrected chi connectivity index (χ1v) is 11.4. The number of nitrogens with zero attached hydrogens (tertiary/aromatic N) is 2. The zero-order valence-corrected chi connectivity index (χ0v) is 20.8. The van der Waals surface area contributed by atoms with Crippen LogP contribution in [-0.4, -0.2) is 19.6 Å². The van der Waals surface area contributed by atoms with Crippen molar-refractivity contribution in [1.82, 2.24) is 0 Å². The van der Waals surface area contributed by atoms with Crippen LogP contribution in [0.2, 0.25) is 0 Å². The molecule has 0 aliphatic heterocycles. The van der Waals surface area contributed by atoms with E-state index in [4.69, 9.17) is 14.2 Å². The van der Waals surface area contributed by atoms with Crippen molar-refractivity contribution >= 4 is 33.6 Å². The Bertz CT molecular complexity index is 1320. The summed E-state index contributed by atoms with van der Waals surface area (Å²) in [5, 5.41) is 21.6. The summed E-state index contributed by atoms with van der Waals surface area (Å²) in [6.07, 6.45) is 1.47. The van der Waals surface area contributed by atoms with Crippen molar-refractivity contribution in [3.8, 4) is 29.4 Å². The maximum absolute atomic E-state index is 12.7. The first kappa shape index (κ1) is 25.4. The Hall–Kier alpha value is -4.27. The molecule has 0 saturated heterocycles. The van der Waals surface area contributed by atoms with Gasteiger partial charge in [-0.25, -0.2) is 0 Å². The number of carbonyl (C=O) groups excluding carboxylic acids is 1. The number of ether oxygens (including phenoxy) is 3. The van der Waals surface area contributed by atoms with E-state index in [1.165, 1.54) is 6.08 Å². The topological polar surface area (TPSA) is 104 Å². The molecule has 176 valence electrons. The molecule has 0 aliphatic rings. The highest BCUT2D eigenvalue weighted by atomic mass is 79.9. The highest BCUT2D eigenvalue weighted by Gasteiger charge is 2.15. The Morgan fingerprint density at radius 3 is 2.43 bits per heavy atom. The van der Waals surface area contributed by atoms with Crippen LogP contribution in [0.5, 0.6) is 17.2 Å². The van der Waals surface area contributed by atoms with E-state index >= 15 is 0 Å². The SMILES string of the molecule is CCOc1cc(/C=C(\C#N)C(=O)Nc2ccc(OC)cc2)c(Br)cc1OCc1ccccc1C#N. The van der Waals surface area contributed by atoms with Crippen LogP contribution < -0.4 is 19.5 Å². The van der Waals surface area contributed by atoms with Crippen molar-refractivity contribution in [2.24, 2.45) is 0 Å². The number of amides is 1. The predicted octanol–water partition coefficient (Wildman–Crippen LogP) is 5.85. The molecule has 1 N–H and O–H groups in total. The molecule has 0 bridgehead atoms. The highest BCUT2D eigenvalue weighted by Crippen LogP contribution is 2.35. The lowest BCUT2D eigenvalue weighted by atomic mass is 10.1. The number of hydrogen-bond acceptors (Lipinski definition) is 6. The molecule has 3 aromatic rings. The lowest BCUT2D eigenvalue weighted by Crippen LogP contribution is -2.13. The quantitative estimate of drug-likeness (QED) is 0.274. The Kier molecular flexibility index (Phi) is 8.89. The second-order valence-electron chi connectivity index (χ2n) is 7.16. The molecule has 0 saturated carbocycles. The van der Waals surface area contributed by atoms with E-state index in [9.17, 15) is 15.3 Å². The van der Waals surface area contributed by atoms with Crippen molar-refractivity contribution in [1.29, 1.82) is 10.5 Å². The minimum absolute atomic E-state index is 0.0828. The Morgan fingerprint density at radius 1 is 1.06 bits per heavy atom. The maximum atomic E-state index is 12.7. The number of nitriles is 2. The third-order valence-electron chi connectivity index (χ3n) is 4.90. The van der Waals surface area contributed by atoms with Gasteiger partial charge in [-0.1, -0.05) is 34.1 Å². The van der Waals surface area contributed by atoms with E-state index in [-0.39, 0.29) is 12.2 Å². The molecule has 0 fully saturated rings. The van der Waals surface area contributed by atoms with Gasteiger partial charge in [0.1, 0.15) is 24.0 Å². The molecular weight excluding hydrogens is 510 g/mol. The van der Waals surface area contributed by atoms with E-state index < -0.39 is 5.91 Å². The van der Waals surface area contributed by atoms with Crippen molar-refractivity contribution in [2.75, 3.05) is 19.0 Å². The first-order chi connectivity index (χ1) is 17.0. The van der Waals surface area contributed by atoms with Gasteiger partial charge in [0, 0.05) is 15.7 Å². The highest BCUT2D eigenvalue weighted by molar-refractivity contribution is 9.10. The summed E-state index contributed by atoms with van der Waals surface area (Å²) in [6, 6.07) is 21.5. The number of hydrogen-bond donors (Lipinski definition) is 1. The van der Waals surface area contributed by atoms with Gasteiger partial charge in [-0.3, -0.25) is 4.79 Å². The first-order valence-electron chi connectivity index (χ1n) is 10.6. The van der Waals surface area contributed by atoms with Gasteiger partial charge in [0.25, 0.3) is 5.91 Å². The fourth-order valence-electron chi connectivity index (χ4n) is 3.13. The van der Waals surface area contributed by atoms with E-state index in [1.807, 2.05) is 25.1 Å². The third kappa shape index (κ3) is 6.63. The Balaban J connectivity index is 1.84. The fourth-order valence-corrected chi connectivity index (χ4v) is 3.57. The largest absolute Gasteiger partial charge is 0.497 e. The predicted molar refractivity (Wildman–Crippen MR) is 136 cm³/mol. The van der Waals surface area contributed by atoms with E-state index in [2.05, 4.69) is 27.3 Å². The summed E-state index contributed by atoms with van der Waals surface area (Å²) in [5.74, 6) is 1.02. The van der Waals surface area contributed by atoms with Gasteiger partial charge >= 0.3 is 0 Å². The standard InChI is InChI=1S/C27H22BrN3O4/c1-3-34-25-13-20(12-21(16-30)27(32)31-22-8-10-23(33-2)11-9-22)24(28)14-26(25)35-17-19-7-5-4-6-18(19)15-29/h4-14H,3,17H2,1-2H3,(H,31,32)/b21-12+. The zero-order chi connectivity index (χ0) is 25.2. The molecule has 0 spiro atoms. The molecular formula is C27H22BrN3O4. The molecule has 3 rings (SSSR count). The minimum Gasteiger partial charge on any atom is -0.497 e. The van der Waals surface area contributed by atoms with Gasteiger partial charge in [0.2, 0.25) is 0 Å². The number of methoxy groups -OCH3 is 1. The molecule has 35 heavy (non-hydrogen) atoms. The number of benzene rings is 3. The Morgan fingerprint density at radius 2 is 1.77 bits per heavy atom. The maximum Gasteiger partial charge on any atom is 0.266 e. The van der Waals surface area contributed by atoms with Gasteiger partial charge in [-0.05, 0) is 61.0 Å². The van der Waals surface area contributed by atoms with Crippen LogP contribution in [-0.2, 0) is 11.4 Å². The molecule has 1 amide bonds. The average molecular weight is 532 g/mol. The summed E-state index contributed by atoms with van der Waals surface area (Å²) in [7, 11) is 1.56. The smallest absolute Gasteiger partial charge is 0.266 e. The number of anilines is 1. The van der Waals surface area contributed by atoms with Gasteiger partial charge in [-0.15, -0.1) is 0 Å². The van der Waals surface area contributed by atoms with Gasteiger partial charge in [-0.2, -0.15) is 10.5 Å². The number of rotatable bonds is 9. The van der Waals surface area contributed by atoms with Crippen LogP contribution in [0.3, 0.4) is 0 Å². The number of halogens is 1. The summed E-state index contributed by atoms with van der Waals surface area (Å²) in [6.45, 7) is 2.41. The van der Waals surface area contributed by atoms with E-state index in [0.29, 0.717) is 45.1 Å². The molecule has 8 heteroatoms. The normalized spacial score (nSPS) is 10.6. The van der Waals surface area contributed by atoms with Crippen molar-refractivity contribution in [3.63, 3.8) is 0 Å².